The highest BCUT2D eigenvalue weighted by Crippen LogP contribution is 2.19. The molecule has 200 valence electrons. The molecule has 0 aliphatic rings. The molecule has 0 heterocycles. The normalized spacial score (nSPS) is 13.2. The number of ether oxygens (including phenoxy) is 2. The van der Waals surface area contributed by atoms with E-state index >= 15 is 0 Å². The van der Waals surface area contributed by atoms with Crippen LogP contribution in [-0.4, -0.2) is 37.4 Å². The molecular formula is C32H50NO3+. The van der Waals surface area contributed by atoms with Gasteiger partial charge in [-0.1, -0.05) is 101 Å². The Labute approximate surface area is 220 Å². The van der Waals surface area contributed by atoms with Crippen molar-refractivity contribution in [1.82, 2.24) is 0 Å². The van der Waals surface area contributed by atoms with Crippen LogP contribution >= 0.6 is 0 Å². The van der Waals surface area contributed by atoms with Crippen LogP contribution in [0.3, 0.4) is 0 Å². The Morgan fingerprint density at radius 2 is 1.42 bits per heavy atom. The van der Waals surface area contributed by atoms with Gasteiger partial charge in [-0.3, -0.25) is 4.79 Å². The van der Waals surface area contributed by atoms with Gasteiger partial charge in [0.1, 0.15) is 18.2 Å². The van der Waals surface area contributed by atoms with E-state index in [0.29, 0.717) is 13.0 Å². The second kappa shape index (κ2) is 16.4. The average molecular weight is 497 g/mol. The van der Waals surface area contributed by atoms with E-state index in [0.717, 1.165) is 23.2 Å². The van der Waals surface area contributed by atoms with Crippen molar-refractivity contribution in [2.24, 2.45) is 5.92 Å². The summed E-state index contributed by atoms with van der Waals surface area (Å²) in [4.78, 5) is 12.8. The first-order chi connectivity index (χ1) is 17.3. The number of hydrogen-bond acceptors (Lipinski definition) is 3. The number of hydrogen-bond donors (Lipinski definition) is 0. The summed E-state index contributed by atoms with van der Waals surface area (Å²) in [6, 6.07) is 18.7. The van der Waals surface area contributed by atoms with Crippen LogP contribution in [0.2, 0.25) is 0 Å². The maximum absolute atomic E-state index is 12.8. The summed E-state index contributed by atoms with van der Waals surface area (Å²) in [5.41, 5.74) is 2.61. The first kappa shape index (κ1) is 29.9. The number of quaternary nitrogens is 1. The summed E-state index contributed by atoms with van der Waals surface area (Å²) in [6.45, 7) is 7.77. The van der Waals surface area contributed by atoms with Crippen LogP contribution in [-0.2, 0) is 22.5 Å². The summed E-state index contributed by atoms with van der Waals surface area (Å²) in [5, 5.41) is 0. The van der Waals surface area contributed by atoms with Crippen molar-refractivity contribution in [3.63, 3.8) is 0 Å². The molecule has 0 aliphatic carbocycles. The molecule has 0 N–H and O–H groups in total. The molecule has 2 unspecified atom stereocenters. The molecule has 2 aromatic carbocycles. The van der Waals surface area contributed by atoms with E-state index < -0.39 is 6.29 Å². The Bertz CT molecular complexity index is 847. The molecule has 0 spiro atoms. The number of benzene rings is 2. The van der Waals surface area contributed by atoms with Gasteiger partial charge in [-0.05, 0) is 37.5 Å². The third-order valence-electron chi connectivity index (χ3n) is 6.71. The predicted molar refractivity (Wildman–Crippen MR) is 150 cm³/mol. The van der Waals surface area contributed by atoms with Gasteiger partial charge in [0.05, 0.1) is 20.6 Å². The predicted octanol–water partition coefficient (Wildman–Crippen LogP) is 7.94. The van der Waals surface area contributed by atoms with E-state index in [1.165, 1.54) is 62.5 Å². The van der Waals surface area contributed by atoms with Gasteiger partial charge in [0, 0.05) is 12.0 Å². The van der Waals surface area contributed by atoms with E-state index in [1.54, 1.807) is 0 Å². The van der Waals surface area contributed by atoms with Crippen molar-refractivity contribution in [3.8, 4) is 5.75 Å². The van der Waals surface area contributed by atoms with Crippen LogP contribution in [0.15, 0.2) is 54.6 Å². The number of unbranched alkanes of at least 4 members (excludes halogenated alkanes) is 7. The van der Waals surface area contributed by atoms with E-state index in [9.17, 15) is 4.79 Å². The lowest BCUT2D eigenvalue weighted by Crippen LogP contribution is -2.44. The van der Waals surface area contributed by atoms with Crippen LogP contribution in [0.5, 0.6) is 5.75 Å². The highest BCUT2D eigenvalue weighted by molar-refractivity contribution is 5.72. The zero-order valence-electron chi connectivity index (χ0n) is 23.5. The van der Waals surface area contributed by atoms with Crippen molar-refractivity contribution in [3.05, 3.63) is 65.7 Å². The molecule has 36 heavy (non-hydrogen) atoms. The van der Waals surface area contributed by atoms with Gasteiger partial charge >= 0.3 is 5.97 Å². The van der Waals surface area contributed by atoms with Crippen LogP contribution in [0.25, 0.3) is 0 Å². The van der Waals surface area contributed by atoms with Crippen LogP contribution < -0.4 is 4.74 Å². The fraction of sp³-hybridized carbons (Fsp3) is 0.594. The molecule has 0 bridgehead atoms. The zero-order valence-corrected chi connectivity index (χ0v) is 23.5. The SMILES string of the molecule is CCCCCCCCCCc1ccc(OC(CC)OC(=O)C(C)C[N+](C)(C)Cc2ccccc2)cc1. The molecule has 0 aliphatic heterocycles. The summed E-state index contributed by atoms with van der Waals surface area (Å²) in [5.74, 6) is 0.338. The summed E-state index contributed by atoms with van der Waals surface area (Å²) in [6.07, 6.45) is 11.9. The minimum Gasteiger partial charge on any atom is -0.455 e. The molecule has 2 aromatic rings. The number of carbonyl (C=O) groups excluding carboxylic acids is 1. The fourth-order valence-electron chi connectivity index (χ4n) is 4.74. The summed E-state index contributed by atoms with van der Waals surface area (Å²) in [7, 11) is 4.31. The molecule has 0 saturated heterocycles. The second-order valence-electron chi connectivity index (χ2n) is 10.9. The maximum Gasteiger partial charge on any atom is 0.317 e. The van der Waals surface area contributed by atoms with Gasteiger partial charge in [0.2, 0.25) is 6.29 Å². The molecule has 2 atom stereocenters. The quantitative estimate of drug-likeness (QED) is 0.0909. The highest BCUT2D eigenvalue weighted by Gasteiger charge is 2.27. The Hall–Kier alpha value is -2.33. The van der Waals surface area contributed by atoms with Crippen molar-refractivity contribution in [1.29, 1.82) is 0 Å². The lowest BCUT2D eigenvalue weighted by Gasteiger charge is -2.32. The molecule has 0 amide bonds. The Balaban J connectivity index is 1.73. The van der Waals surface area contributed by atoms with Crippen LogP contribution in [0, 0.1) is 5.92 Å². The molecule has 0 aromatic heterocycles. The maximum atomic E-state index is 12.8. The third kappa shape index (κ3) is 12.1. The minimum absolute atomic E-state index is 0.201. The Kier molecular flexibility index (Phi) is 13.6. The van der Waals surface area contributed by atoms with Gasteiger partial charge in [-0.2, -0.15) is 0 Å². The number of carbonyl (C=O) groups is 1. The monoisotopic (exact) mass is 496 g/mol. The van der Waals surface area contributed by atoms with Crippen molar-refractivity contribution in [2.45, 2.75) is 97.8 Å². The van der Waals surface area contributed by atoms with Gasteiger partial charge in [-0.25, -0.2) is 0 Å². The van der Waals surface area contributed by atoms with Gasteiger partial charge < -0.3 is 14.0 Å². The van der Waals surface area contributed by atoms with Crippen molar-refractivity contribution >= 4 is 5.97 Å². The molecular weight excluding hydrogens is 446 g/mol. The first-order valence-electron chi connectivity index (χ1n) is 14.1. The Morgan fingerprint density at radius 1 is 0.806 bits per heavy atom. The number of nitrogens with zero attached hydrogens (tertiary/aromatic N) is 1. The number of rotatable bonds is 18. The lowest BCUT2D eigenvalue weighted by molar-refractivity contribution is -0.905. The van der Waals surface area contributed by atoms with E-state index in [-0.39, 0.29) is 11.9 Å². The van der Waals surface area contributed by atoms with Crippen molar-refractivity contribution in [2.75, 3.05) is 20.6 Å². The molecule has 4 heteroatoms. The van der Waals surface area contributed by atoms with Crippen LogP contribution in [0.4, 0.5) is 0 Å². The smallest absolute Gasteiger partial charge is 0.317 e. The Morgan fingerprint density at radius 3 is 2.03 bits per heavy atom. The minimum atomic E-state index is -0.566. The van der Waals surface area contributed by atoms with E-state index in [2.05, 4.69) is 57.4 Å². The summed E-state index contributed by atoms with van der Waals surface area (Å²) < 4.78 is 12.5. The fourth-order valence-corrected chi connectivity index (χ4v) is 4.74. The van der Waals surface area contributed by atoms with Gasteiger partial charge in [0.25, 0.3) is 0 Å². The second-order valence-corrected chi connectivity index (χ2v) is 10.9. The van der Waals surface area contributed by atoms with Crippen LogP contribution in [0.1, 0.15) is 89.7 Å². The topological polar surface area (TPSA) is 35.5 Å². The highest BCUT2D eigenvalue weighted by atomic mass is 16.7. The molecule has 2 rings (SSSR count). The first-order valence-corrected chi connectivity index (χ1v) is 14.1. The van der Waals surface area contributed by atoms with E-state index in [4.69, 9.17) is 9.47 Å². The zero-order chi connectivity index (χ0) is 26.2. The standard InChI is InChI=1S/C32H50NO3/c1-6-8-9-10-11-12-13-15-18-28-21-23-30(24-22-28)35-31(7-2)36-32(34)27(3)25-33(4,5)26-29-19-16-14-17-20-29/h14,16-17,19-24,27,31H,6-13,15,18,25-26H2,1-5H3/q+1. The molecule has 0 fully saturated rings. The number of esters is 1. The molecule has 4 nitrogen and oxygen atoms in total. The third-order valence-corrected chi connectivity index (χ3v) is 6.71. The lowest BCUT2D eigenvalue weighted by atomic mass is 10.0. The van der Waals surface area contributed by atoms with Gasteiger partial charge in [0.15, 0.2) is 0 Å². The molecule has 0 saturated carbocycles. The average Bonchev–Trinajstić information content (AvgIpc) is 2.86. The van der Waals surface area contributed by atoms with E-state index in [1.807, 2.05) is 32.0 Å². The largest absolute Gasteiger partial charge is 0.455 e. The van der Waals surface area contributed by atoms with Crippen molar-refractivity contribution < 1.29 is 18.8 Å². The summed E-state index contributed by atoms with van der Waals surface area (Å²) >= 11 is 0. The van der Waals surface area contributed by atoms with Gasteiger partial charge in [-0.15, -0.1) is 0 Å². The molecule has 0 radical (unpaired) electrons. The number of aryl methyl sites for hydroxylation is 1.